The van der Waals surface area contributed by atoms with Gasteiger partial charge in [-0.15, -0.1) is 0 Å². The topological polar surface area (TPSA) is 29.1 Å². The quantitative estimate of drug-likeness (QED) is 0.861. The van der Waals surface area contributed by atoms with Crippen molar-refractivity contribution >= 4 is 5.91 Å². The van der Waals surface area contributed by atoms with E-state index in [0.717, 1.165) is 18.4 Å². The van der Waals surface area contributed by atoms with E-state index in [-0.39, 0.29) is 24.2 Å². The van der Waals surface area contributed by atoms with E-state index < -0.39 is 0 Å². The lowest BCUT2D eigenvalue weighted by atomic mass is 9.88. The van der Waals surface area contributed by atoms with Crippen LogP contribution in [0.2, 0.25) is 0 Å². The van der Waals surface area contributed by atoms with E-state index in [1.165, 1.54) is 48.1 Å². The van der Waals surface area contributed by atoms with Crippen LogP contribution in [0, 0.1) is 5.82 Å². The molecule has 3 heteroatoms. The number of hydrogen-bond acceptors (Lipinski definition) is 1. The number of hydrogen-bond donors (Lipinski definition) is 1. The number of amides is 1. The van der Waals surface area contributed by atoms with Crippen molar-refractivity contribution in [1.82, 2.24) is 5.32 Å². The van der Waals surface area contributed by atoms with Crippen molar-refractivity contribution in [2.75, 3.05) is 0 Å². The van der Waals surface area contributed by atoms with E-state index in [0.29, 0.717) is 0 Å². The molecule has 0 bridgehead atoms. The minimum atomic E-state index is -0.278. The fraction of sp³-hybridized carbons (Fsp3) is 0.381. The minimum absolute atomic E-state index is 0.0221. The highest BCUT2D eigenvalue weighted by molar-refractivity contribution is 5.79. The Bertz CT molecular complexity index is 708. The Labute approximate surface area is 143 Å². The van der Waals surface area contributed by atoms with Gasteiger partial charge < -0.3 is 5.32 Å². The molecule has 1 atom stereocenters. The second-order valence-electron chi connectivity index (χ2n) is 6.57. The Morgan fingerprint density at radius 2 is 1.79 bits per heavy atom. The van der Waals surface area contributed by atoms with Crippen LogP contribution in [0.3, 0.4) is 0 Å². The van der Waals surface area contributed by atoms with Crippen molar-refractivity contribution in [3.05, 3.63) is 70.5 Å². The second kappa shape index (κ2) is 7.61. The van der Waals surface area contributed by atoms with Gasteiger partial charge in [-0.25, -0.2) is 4.39 Å². The average molecular weight is 325 g/mol. The summed E-state index contributed by atoms with van der Waals surface area (Å²) in [6.07, 6.45) is 5.98. The summed E-state index contributed by atoms with van der Waals surface area (Å²) < 4.78 is 12.9. The Hall–Kier alpha value is -2.16. The summed E-state index contributed by atoms with van der Waals surface area (Å²) in [4.78, 5) is 12.3. The van der Waals surface area contributed by atoms with Crippen molar-refractivity contribution in [3.63, 3.8) is 0 Å². The molecule has 126 valence electrons. The zero-order valence-electron chi connectivity index (χ0n) is 14.1. The van der Waals surface area contributed by atoms with Crippen LogP contribution >= 0.6 is 0 Å². The first-order valence-electron chi connectivity index (χ1n) is 8.81. The van der Waals surface area contributed by atoms with E-state index in [1.807, 2.05) is 0 Å². The maximum absolute atomic E-state index is 12.9. The van der Waals surface area contributed by atoms with E-state index >= 15 is 0 Å². The van der Waals surface area contributed by atoms with Crippen molar-refractivity contribution in [2.24, 2.45) is 0 Å². The molecule has 2 aromatic rings. The number of carbonyl (C=O) groups excluding carboxylic acids is 1. The van der Waals surface area contributed by atoms with Gasteiger partial charge in [0.1, 0.15) is 5.82 Å². The molecule has 1 amide bonds. The first-order valence-corrected chi connectivity index (χ1v) is 8.81. The van der Waals surface area contributed by atoms with Crippen molar-refractivity contribution in [2.45, 2.75) is 51.5 Å². The smallest absolute Gasteiger partial charge is 0.224 e. The molecule has 0 saturated heterocycles. The highest BCUT2D eigenvalue weighted by Crippen LogP contribution is 2.26. The van der Waals surface area contributed by atoms with Gasteiger partial charge in [-0.05, 0) is 66.5 Å². The maximum Gasteiger partial charge on any atom is 0.224 e. The summed E-state index contributed by atoms with van der Waals surface area (Å²) in [7, 11) is 0. The van der Waals surface area contributed by atoms with E-state index in [9.17, 15) is 9.18 Å². The third-order valence-corrected chi connectivity index (χ3v) is 4.80. The number of halogens is 1. The van der Waals surface area contributed by atoms with Crippen LogP contribution in [0.15, 0.2) is 42.5 Å². The van der Waals surface area contributed by atoms with E-state index in [1.54, 1.807) is 12.1 Å². The van der Waals surface area contributed by atoms with Gasteiger partial charge in [0.05, 0.1) is 12.5 Å². The number of nitrogens with one attached hydrogen (secondary N) is 1. The van der Waals surface area contributed by atoms with Gasteiger partial charge >= 0.3 is 0 Å². The van der Waals surface area contributed by atoms with Crippen LogP contribution in [-0.2, 0) is 24.1 Å². The molecule has 1 aliphatic carbocycles. The average Bonchev–Trinajstić information content (AvgIpc) is 2.61. The standard InChI is InChI=1S/C21H24FNO/c1-2-20(18-10-9-16-5-3-4-6-17(16)14-18)23-21(24)13-15-7-11-19(22)12-8-15/h7-12,14,20H,2-6,13H2,1H3,(H,23,24). The fourth-order valence-corrected chi connectivity index (χ4v) is 3.42. The number of rotatable bonds is 5. The van der Waals surface area contributed by atoms with Crippen molar-refractivity contribution < 1.29 is 9.18 Å². The van der Waals surface area contributed by atoms with Gasteiger partial charge in [0.15, 0.2) is 0 Å². The number of fused-ring (bicyclic) bond motifs is 1. The van der Waals surface area contributed by atoms with Gasteiger partial charge in [0, 0.05) is 0 Å². The lowest BCUT2D eigenvalue weighted by Gasteiger charge is -2.21. The molecule has 0 aliphatic heterocycles. The maximum atomic E-state index is 12.9. The third kappa shape index (κ3) is 4.02. The summed E-state index contributed by atoms with van der Waals surface area (Å²) in [5.41, 5.74) is 4.90. The zero-order valence-corrected chi connectivity index (χ0v) is 14.1. The molecule has 0 fully saturated rings. The van der Waals surface area contributed by atoms with Crippen LogP contribution < -0.4 is 5.32 Å². The van der Waals surface area contributed by atoms with E-state index in [4.69, 9.17) is 0 Å². The predicted molar refractivity (Wildman–Crippen MR) is 94.4 cm³/mol. The van der Waals surface area contributed by atoms with Crippen LogP contribution in [0.4, 0.5) is 4.39 Å². The predicted octanol–water partition coefficient (Wildman–Crippen LogP) is 4.51. The second-order valence-corrected chi connectivity index (χ2v) is 6.57. The molecule has 1 aliphatic rings. The van der Waals surface area contributed by atoms with Crippen LogP contribution in [-0.4, -0.2) is 5.91 Å². The Morgan fingerprint density at radius 1 is 1.08 bits per heavy atom. The molecule has 1 unspecified atom stereocenters. The van der Waals surface area contributed by atoms with Gasteiger partial charge in [-0.3, -0.25) is 4.79 Å². The molecule has 2 nitrogen and oxygen atoms in total. The largest absolute Gasteiger partial charge is 0.349 e. The molecule has 0 heterocycles. The van der Waals surface area contributed by atoms with Gasteiger partial charge in [0.25, 0.3) is 0 Å². The molecule has 0 saturated carbocycles. The monoisotopic (exact) mass is 325 g/mol. The molecule has 24 heavy (non-hydrogen) atoms. The summed E-state index contributed by atoms with van der Waals surface area (Å²) in [5, 5.41) is 3.12. The minimum Gasteiger partial charge on any atom is -0.349 e. The van der Waals surface area contributed by atoms with Crippen molar-refractivity contribution in [1.29, 1.82) is 0 Å². The summed E-state index contributed by atoms with van der Waals surface area (Å²) >= 11 is 0. The summed E-state index contributed by atoms with van der Waals surface area (Å²) in [6.45, 7) is 2.09. The SMILES string of the molecule is CCC(NC(=O)Cc1ccc(F)cc1)c1ccc2c(c1)CCCC2. The molecule has 0 radical (unpaired) electrons. The Morgan fingerprint density at radius 3 is 2.50 bits per heavy atom. The fourth-order valence-electron chi connectivity index (χ4n) is 3.42. The molecular weight excluding hydrogens is 301 g/mol. The zero-order chi connectivity index (χ0) is 16.9. The molecule has 1 N–H and O–H groups in total. The van der Waals surface area contributed by atoms with Gasteiger partial charge in [-0.2, -0.15) is 0 Å². The third-order valence-electron chi connectivity index (χ3n) is 4.80. The van der Waals surface area contributed by atoms with Gasteiger partial charge in [0.2, 0.25) is 5.91 Å². The summed E-state index contributed by atoms with van der Waals surface area (Å²) in [6, 6.07) is 12.8. The number of benzene rings is 2. The molecular formula is C21H24FNO. The molecule has 0 aromatic heterocycles. The van der Waals surface area contributed by atoms with Crippen LogP contribution in [0.5, 0.6) is 0 Å². The lowest BCUT2D eigenvalue weighted by molar-refractivity contribution is -0.121. The Balaban J connectivity index is 1.67. The van der Waals surface area contributed by atoms with Crippen LogP contribution in [0.1, 0.15) is 54.5 Å². The van der Waals surface area contributed by atoms with Crippen LogP contribution in [0.25, 0.3) is 0 Å². The molecule has 2 aromatic carbocycles. The lowest BCUT2D eigenvalue weighted by Crippen LogP contribution is -2.29. The molecule has 3 rings (SSSR count). The summed E-state index contributed by atoms with van der Waals surface area (Å²) in [5.74, 6) is -0.300. The van der Waals surface area contributed by atoms with Crippen molar-refractivity contribution in [3.8, 4) is 0 Å². The number of aryl methyl sites for hydroxylation is 2. The number of carbonyl (C=O) groups is 1. The normalized spacial score (nSPS) is 14.8. The van der Waals surface area contributed by atoms with Gasteiger partial charge in [-0.1, -0.05) is 37.3 Å². The Kier molecular flexibility index (Phi) is 5.29. The first kappa shape index (κ1) is 16.7. The first-order chi connectivity index (χ1) is 11.7. The molecule has 0 spiro atoms. The van der Waals surface area contributed by atoms with E-state index in [2.05, 4.69) is 30.4 Å². The highest BCUT2D eigenvalue weighted by Gasteiger charge is 2.16. The highest BCUT2D eigenvalue weighted by atomic mass is 19.1.